The van der Waals surface area contributed by atoms with Crippen molar-refractivity contribution in [3.63, 3.8) is 0 Å². The summed E-state index contributed by atoms with van der Waals surface area (Å²) in [6.07, 6.45) is 0.717. The monoisotopic (exact) mass is 255 g/mol. The Morgan fingerprint density at radius 1 is 1.00 bits per heavy atom. The van der Waals surface area contributed by atoms with E-state index in [0.29, 0.717) is 6.61 Å². The molecule has 0 fully saturated rings. The van der Waals surface area contributed by atoms with Crippen molar-refractivity contribution in [2.45, 2.75) is 20.0 Å². The molecule has 3 heteroatoms. The summed E-state index contributed by atoms with van der Waals surface area (Å²) in [4.78, 5) is 5.32. The summed E-state index contributed by atoms with van der Waals surface area (Å²) >= 11 is 0. The summed E-state index contributed by atoms with van der Waals surface area (Å²) in [7, 11) is 0. The van der Waals surface area contributed by atoms with Gasteiger partial charge in [0.1, 0.15) is 12.4 Å². The zero-order chi connectivity index (χ0) is 13.5. The molecule has 3 nitrogen and oxygen atoms in total. The van der Waals surface area contributed by atoms with Crippen LogP contribution < -0.4 is 0 Å². The fraction of sp³-hybridized carbons (Fsp3) is 0.188. The van der Waals surface area contributed by atoms with Crippen LogP contribution in [-0.4, -0.2) is 10.8 Å². The second-order valence-electron chi connectivity index (χ2n) is 4.43. The van der Waals surface area contributed by atoms with Gasteiger partial charge in [0.05, 0.1) is 5.71 Å². The molecule has 2 aromatic rings. The maximum absolute atomic E-state index is 9.20. The molecule has 0 aliphatic rings. The lowest BCUT2D eigenvalue weighted by atomic mass is 10.1. The molecule has 98 valence electrons. The predicted molar refractivity (Wildman–Crippen MR) is 76.2 cm³/mol. The molecule has 0 aromatic heterocycles. The van der Waals surface area contributed by atoms with Gasteiger partial charge in [-0.15, -0.1) is 0 Å². The Kier molecular flexibility index (Phi) is 4.56. The number of hydrogen-bond acceptors (Lipinski definition) is 3. The van der Waals surface area contributed by atoms with E-state index in [-0.39, 0.29) is 5.75 Å². The van der Waals surface area contributed by atoms with E-state index >= 15 is 0 Å². The van der Waals surface area contributed by atoms with Gasteiger partial charge < -0.3 is 9.94 Å². The van der Waals surface area contributed by atoms with Crippen molar-refractivity contribution in [1.82, 2.24) is 0 Å². The molecule has 0 saturated heterocycles. The second kappa shape index (κ2) is 6.59. The summed E-state index contributed by atoms with van der Waals surface area (Å²) in [5.41, 5.74) is 3.10. The lowest BCUT2D eigenvalue weighted by Gasteiger charge is -2.03. The first-order valence-electron chi connectivity index (χ1n) is 6.21. The van der Waals surface area contributed by atoms with Crippen LogP contribution in [0, 0.1) is 0 Å². The van der Waals surface area contributed by atoms with Gasteiger partial charge in [0.2, 0.25) is 0 Å². The SMILES string of the molecule is CC(Cc1ccc(O)cc1)=NOCc1ccccc1. The fourth-order valence-corrected chi connectivity index (χ4v) is 1.73. The van der Waals surface area contributed by atoms with Gasteiger partial charge in [0, 0.05) is 6.42 Å². The first-order chi connectivity index (χ1) is 9.24. The van der Waals surface area contributed by atoms with Gasteiger partial charge in [0.25, 0.3) is 0 Å². The maximum Gasteiger partial charge on any atom is 0.142 e. The normalized spacial score (nSPS) is 11.3. The number of hydrogen-bond donors (Lipinski definition) is 1. The summed E-state index contributed by atoms with van der Waals surface area (Å²) < 4.78 is 0. The van der Waals surface area contributed by atoms with Crippen molar-refractivity contribution >= 4 is 5.71 Å². The molecule has 0 heterocycles. The Bertz CT molecular complexity index is 532. The summed E-state index contributed by atoms with van der Waals surface area (Å²) in [5.74, 6) is 0.277. The topological polar surface area (TPSA) is 41.8 Å². The minimum atomic E-state index is 0.277. The third kappa shape index (κ3) is 4.47. The number of rotatable bonds is 5. The fourth-order valence-electron chi connectivity index (χ4n) is 1.73. The molecule has 19 heavy (non-hydrogen) atoms. The molecule has 0 aliphatic carbocycles. The number of aromatic hydroxyl groups is 1. The van der Waals surface area contributed by atoms with E-state index < -0.39 is 0 Å². The highest BCUT2D eigenvalue weighted by molar-refractivity contribution is 5.83. The van der Waals surface area contributed by atoms with Gasteiger partial charge in [-0.05, 0) is 30.2 Å². The van der Waals surface area contributed by atoms with Crippen LogP contribution in [0.1, 0.15) is 18.1 Å². The van der Waals surface area contributed by atoms with Gasteiger partial charge in [-0.25, -0.2) is 0 Å². The number of phenolic OH excluding ortho intramolecular Hbond substituents is 1. The predicted octanol–water partition coefficient (Wildman–Crippen LogP) is 3.53. The lowest BCUT2D eigenvalue weighted by molar-refractivity contribution is 0.130. The Hall–Kier alpha value is -2.29. The molecule has 0 atom stereocenters. The average molecular weight is 255 g/mol. The van der Waals surface area contributed by atoms with Crippen LogP contribution in [0.3, 0.4) is 0 Å². The summed E-state index contributed by atoms with van der Waals surface area (Å²) in [5, 5.41) is 13.3. The standard InChI is InChI=1S/C16H17NO2/c1-13(11-14-7-9-16(18)10-8-14)17-19-12-15-5-3-2-4-6-15/h2-10,18H,11-12H2,1H3. The molecule has 0 bridgehead atoms. The van der Waals surface area contributed by atoms with E-state index in [1.807, 2.05) is 49.4 Å². The van der Waals surface area contributed by atoms with Crippen molar-refractivity contribution in [1.29, 1.82) is 0 Å². The molecular formula is C16H17NO2. The maximum atomic E-state index is 9.20. The van der Waals surface area contributed by atoms with E-state index in [1.54, 1.807) is 12.1 Å². The van der Waals surface area contributed by atoms with Gasteiger partial charge >= 0.3 is 0 Å². The van der Waals surface area contributed by atoms with Crippen LogP contribution in [0.15, 0.2) is 59.8 Å². The van der Waals surface area contributed by atoms with Crippen LogP contribution in [0.5, 0.6) is 5.75 Å². The van der Waals surface area contributed by atoms with Crippen LogP contribution in [0.2, 0.25) is 0 Å². The third-order valence-corrected chi connectivity index (χ3v) is 2.69. The highest BCUT2D eigenvalue weighted by Crippen LogP contribution is 2.10. The Labute approximate surface area is 113 Å². The zero-order valence-electron chi connectivity index (χ0n) is 10.9. The largest absolute Gasteiger partial charge is 0.508 e. The molecule has 1 N–H and O–H groups in total. The molecular weight excluding hydrogens is 238 g/mol. The number of oxime groups is 1. The van der Waals surface area contributed by atoms with Crippen molar-refractivity contribution in [2.75, 3.05) is 0 Å². The van der Waals surface area contributed by atoms with E-state index in [2.05, 4.69) is 5.16 Å². The minimum Gasteiger partial charge on any atom is -0.508 e. The molecule has 0 saturated carbocycles. The zero-order valence-corrected chi connectivity index (χ0v) is 10.9. The molecule has 0 spiro atoms. The van der Waals surface area contributed by atoms with E-state index in [4.69, 9.17) is 4.84 Å². The quantitative estimate of drug-likeness (QED) is 0.656. The highest BCUT2D eigenvalue weighted by Gasteiger charge is 1.97. The smallest absolute Gasteiger partial charge is 0.142 e. The first kappa shape index (κ1) is 13.1. The van der Waals surface area contributed by atoms with Gasteiger partial charge in [0.15, 0.2) is 0 Å². The summed E-state index contributed by atoms with van der Waals surface area (Å²) in [6, 6.07) is 17.0. The molecule has 2 rings (SSSR count). The lowest BCUT2D eigenvalue weighted by Crippen LogP contribution is -1.99. The van der Waals surface area contributed by atoms with Gasteiger partial charge in [-0.3, -0.25) is 0 Å². The Morgan fingerprint density at radius 3 is 2.37 bits per heavy atom. The van der Waals surface area contributed by atoms with Gasteiger partial charge in [-0.1, -0.05) is 47.6 Å². The Morgan fingerprint density at radius 2 is 1.68 bits per heavy atom. The number of phenols is 1. The van der Waals surface area contributed by atoms with Gasteiger partial charge in [-0.2, -0.15) is 0 Å². The van der Waals surface area contributed by atoms with Crippen LogP contribution in [-0.2, 0) is 17.9 Å². The van der Waals surface area contributed by atoms with Crippen molar-refractivity contribution in [2.24, 2.45) is 5.16 Å². The van der Waals surface area contributed by atoms with Crippen LogP contribution >= 0.6 is 0 Å². The third-order valence-electron chi connectivity index (χ3n) is 2.69. The second-order valence-corrected chi connectivity index (χ2v) is 4.43. The van der Waals surface area contributed by atoms with Crippen molar-refractivity contribution in [3.8, 4) is 5.75 Å². The van der Waals surface area contributed by atoms with Crippen LogP contribution in [0.4, 0.5) is 0 Å². The highest BCUT2D eigenvalue weighted by atomic mass is 16.6. The molecule has 0 aliphatic heterocycles. The molecule has 2 aromatic carbocycles. The number of benzene rings is 2. The Balaban J connectivity index is 1.84. The van der Waals surface area contributed by atoms with E-state index in [9.17, 15) is 5.11 Å². The molecule has 0 radical (unpaired) electrons. The summed E-state index contributed by atoms with van der Waals surface area (Å²) in [6.45, 7) is 2.41. The first-order valence-corrected chi connectivity index (χ1v) is 6.21. The van der Waals surface area contributed by atoms with E-state index in [0.717, 1.165) is 23.3 Å². The van der Waals surface area contributed by atoms with E-state index in [1.165, 1.54) is 0 Å². The molecule has 0 unspecified atom stereocenters. The van der Waals surface area contributed by atoms with Crippen molar-refractivity contribution < 1.29 is 9.94 Å². The number of nitrogens with zero attached hydrogens (tertiary/aromatic N) is 1. The van der Waals surface area contributed by atoms with Crippen LogP contribution in [0.25, 0.3) is 0 Å². The van der Waals surface area contributed by atoms with Crippen molar-refractivity contribution in [3.05, 3.63) is 65.7 Å². The molecule has 0 amide bonds. The average Bonchev–Trinajstić information content (AvgIpc) is 2.43. The minimum absolute atomic E-state index is 0.277.